The summed E-state index contributed by atoms with van der Waals surface area (Å²) in [5, 5.41) is 16.6. The average molecular weight is 280 g/mol. The van der Waals surface area contributed by atoms with Crippen LogP contribution >= 0.6 is 0 Å². The maximum atomic E-state index is 11.3. The Kier molecular flexibility index (Phi) is 9.12. The summed E-state index contributed by atoms with van der Waals surface area (Å²) in [5.74, 6) is -2.68. The molecular weight excluding hydrogens is 264 g/mol. The molecule has 0 atom stereocenters. The van der Waals surface area contributed by atoms with Gasteiger partial charge in [0.1, 0.15) is 0 Å². The van der Waals surface area contributed by atoms with Crippen LogP contribution in [0.15, 0.2) is 36.5 Å². The molecule has 2 N–H and O–H groups in total. The second kappa shape index (κ2) is 10.4. The van der Waals surface area contributed by atoms with Gasteiger partial charge in [-0.15, -0.1) is 0 Å². The van der Waals surface area contributed by atoms with Gasteiger partial charge in [0, 0.05) is 25.0 Å². The standard InChI is InChI=1S/C14H16O6/c15-11(5-1-3-7-13(17)18)9-10-12(16)6-2-4-8-14(19)20/h3-4,7-10H,1-2,5-6H2,(H,17,18)(H,19,20)/b7-3?,8-4?,10-9-. The van der Waals surface area contributed by atoms with Crippen LogP contribution in [-0.2, 0) is 19.2 Å². The Balaban J connectivity index is 3.91. The number of carbonyl (C=O) groups excluding carboxylic acids is 2. The molecule has 20 heavy (non-hydrogen) atoms. The third kappa shape index (κ3) is 12.0. The van der Waals surface area contributed by atoms with Crippen LogP contribution in [0.2, 0.25) is 0 Å². The first-order valence-corrected chi connectivity index (χ1v) is 5.94. The Morgan fingerprint density at radius 1 is 0.650 bits per heavy atom. The van der Waals surface area contributed by atoms with Crippen molar-refractivity contribution < 1.29 is 29.4 Å². The molecule has 0 aliphatic carbocycles. The van der Waals surface area contributed by atoms with Crippen LogP contribution in [0.4, 0.5) is 0 Å². The molecule has 6 heteroatoms. The van der Waals surface area contributed by atoms with E-state index in [2.05, 4.69) is 0 Å². The lowest BCUT2D eigenvalue weighted by Gasteiger charge is -1.92. The van der Waals surface area contributed by atoms with Crippen molar-refractivity contribution in [2.75, 3.05) is 0 Å². The summed E-state index contributed by atoms with van der Waals surface area (Å²) in [6, 6.07) is 0. The first-order chi connectivity index (χ1) is 9.41. The lowest BCUT2D eigenvalue weighted by molar-refractivity contribution is -0.132. The van der Waals surface area contributed by atoms with Gasteiger partial charge in [0.05, 0.1) is 0 Å². The number of hydrogen-bond donors (Lipinski definition) is 2. The van der Waals surface area contributed by atoms with Crippen LogP contribution in [0, 0.1) is 0 Å². The molecule has 0 rings (SSSR count). The first-order valence-electron chi connectivity index (χ1n) is 5.94. The van der Waals surface area contributed by atoms with E-state index in [1.54, 1.807) is 0 Å². The molecule has 0 amide bonds. The van der Waals surface area contributed by atoms with Gasteiger partial charge >= 0.3 is 11.9 Å². The van der Waals surface area contributed by atoms with E-state index < -0.39 is 11.9 Å². The molecule has 6 nitrogen and oxygen atoms in total. The van der Waals surface area contributed by atoms with Crippen molar-refractivity contribution in [3.63, 3.8) is 0 Å². The van der Waals surface area contributed by atoms with Crippen molar-refractivity contribution >= 4 is 23.5 Å². The predicted octanol–water partition coefficient (Wildman–Crippen LogP) is 1.52. The molecular formula is C14H16O6. The fourth-order valence-electron chi connectivity index (χ4n) is 1.17. The molecule has 0 bridgehead atoms. The number of rotatable bonds is 10. The van der Waals surface area contributed by atoms with E-state index in [4.69, 9.17) is 10.2 Å². The molecule has 0 radical (unpaired) electrons. The molecule has 0 saturated heterocycles. The average Bonchev–Trinajstić information content (AvgIpc) is 2.37. The SMILES string of the molecule is O=C(O)C=CCCC(=O)/C=C\C(=O)CCC=CC(=O)O. The Bertz CT molecular complexity index is 414. The molecule has 0 heterocycles. The molecule has 0 aliphatic rings. The lowest BCUT2D eigenvalue weighted by Crippen LogP contribution is -1.96. The number of carbonyl (C=O) groups is 4. The van der Waals surface area contributed by atoms with Crippen molar-refractivity contribution in [3.05, 3.63) is 36.5 Å². The number of carboxylic acid groups (broad SMARTS) is 2. The second-order valence-electron chi connectivity index (χ2n) is 3.82. The highest BCUT2D eigenvalue weighted by atomic mass is 16.4. The van der Waals surface area contributed by atoms with Crippen LogP contribution in [0.5, 0.6) is 0 Å². The topological polar surface area (TPSA) is 109 Å². The molecule has 0 aliphatic heterocycles. The van der Waals surface area contributed by atoms with E-state index in [1.165, 1.54) is 12.2 Å². The van der Waals surface area contributed by atoms with Crippen molar-refractivity contribution in [3.8, 4) is 0 Å². The smallest absolute Gasteiger partial charge is 0.327 e. The summed E-state index contributed by atoms with van der Waals surface area (Å²) in [5.41, 5.74) is 0. The normalized spacial score (nSPS) is 11.4. The zero-order chi connectivity index (χ0) is 15.4. The molecule has 0 spiro atoms. The fourth-order valence-corrected chi connectivity index (χ4v) is 1.17. The van der Waals surface area contributed by atoms with Gasteiger partial charge in [-0.25, -0.2) is 9.59 Å². The minimum atomic E-state index is -1.07. The van der Waals surface area contributed by atoms with Gasteiger partial charge < -0.3 is 10.2 Å². The quantitative estimate of drug-likeness (QED) is 0.587. The van der Waals surface area contributed by atoms with Gasteiger partial charge in [-0.05, 0) is 25.0 Å². The Hall–Kier alpha value is -2.50. The third-order valence-electron chi connectivity index (χ3n) is 2.09. The van der Waals surface area contributed by atoms with E-state index >= 15 is 0 Å². The van der Waals surface area contributed by atoms with Crippen LogP contribution in [0.3, 0.4) is 0 Å². The highest BCUT2D eigenvalue weighted by Gasteiger charge is 1.99. The number of carboxylic acids is 2. The Morgan fingerprint density at radius 3 is 1.30 bits per heavy atom. The summed E-state index contributed by atoms with van der Waals surface area (Å²) in [6.07, 6.45) is 7.80. The molecule has 0 aromatic carbocycles. The van der Waals surface area contributed by atoms with Crippen molar-refractivity contribution in [1.29, 1.82) is 0 Å². The number of allylic oxidation sites excluding steroid dienone is 4. The number of hydrogen-bond acceptors (Lipinski definition) is 4. The van der Waals surface area contributed by atoms with Gasteiger partial charge in [0.15, 0.2) is 11.6 Å². The summed E-state index contributed by atoms with van der Waals surface area (Å²) in [4.78, 5) is 42.9. The summed E-state index contributed by atoms with van der Waals surface area (Å²) >= 11 is 0. The van der Waals surface area contributed by atoms with E-state index in [1.807, 2.05) is 0 Å². The highest BCUT2D eigenvalue weighted by Crippen LogP contribution is 1.98. The van der Waals surface area contributed by atoms with Crippen LogP contribution in [0.1, 0.15) is 25.7 Å². The molecule has 0 aromatic heterocycles. The lowest BCUT2D eigenvalue weighted by atomic mass is 10.1. The molecule has 0 saturated carbocycles. The Morgan fingerprint density at radius 2 is 1.00 bits per heavy atom. The van der Waals surface area contributed by atoms with Crippen LogP contribution < -0.4 is 0 Å². The molecule has 0 fully saturated rings. The van der Waals surface area contributed by atoms with Gasteiger partial charge in [-0.3, -0.25) is 9.59 Å². The minimum Gasteiger partial charge on any atom is -0.478 e. The minimum absolute atomic E-state index is 0.131. The van der Waals surface area contributed by atoms with Crippen LogP contribution in [-0.4, -0.2) is 33.7 Å². The van der Waals surface area contributed by atoms with Gasteiger partial charge in [0.25, 0.3) is 0 Å². The maximum Gasteiger partial charge on any atom is 0.327 e. The predicted molar refractivity (Wildman–Crippen MR) is 71.2 cm³/mol. The van der Waals surface area contributed by atoms with Gasteiger partial charge in [-0.1, -0.05) is 12.2 Å². The van der Waals surface area contributed by atoms with Gasteiger partial charge in [-0.2, -0.15) is 0 Å². The second-order valence-corrected chi connectivity index (χ2v) is 3.82. The molecule has 0 aromatic rings. The summed E-state index contributed by atoms with van der Waals surface area (Å²) in [7, 11) is 0. The maximum absolute atomic E-state index is 11.3. The number of aliphatic carboxylic acids is 2. The largest absolute Gasteiger partial charge is 0.478 e. The molecule has 0 unspecified atom stereocenters. The molecule has 108 valence electrons. The zero-order valence-corrected chi connectivity index (χ0v) is 10.8. The van der Waals surface area contributed by atoms with E-state index in [0.717, 1.165) is 24.3 Å². The van der Waals surface area contributed by atoms with Crippen molar-refractivity contribution in [2.24, 2.45) is 0 Å². The summed E-state index contributed by atoms with van der Waals surface area (Å²) in [6.45, 7) is 0. The van der Waals surface area contributed by atoms with Crippen LogP contribution in [0.25, 0.3) is 0 Å². The van der Waals surface area contributed by atoms with Crippen molar-refractivity contribution in [1.82, 2.24) is 0 Å². The fraction of sp³-hybridized carbons (Fsp3) is 0.286. The Labute approximate surface area is 116 Å². The summed E-state index contributed by atoms with van der Waals surface area (Å²) < 4.78 is 0. The zero-order valence-electron chi connectivity index (χ0n) is 10.8. The monoisotopic (exact) mass is 280 g/mol. The van der Waals surface area contributed by atoms with E-state index in [9.17, 15) is 19.2 Å². The first kappa shape index (κ1) is 17.5. The highest BCUT2D eigenvalue weighted by molar-refractivity contribution is 5.98. The number of ketones is 2. The van der Waals surface area contributed by atoms with E-state index in [-0.39, 0.29) is 24.4 Å². The van der Waals surface area contributed by atoms with E-state index in [0.29, 0.717) is 12.8 Å². The third-order valence-corrected chi connectivity index (χ3v) is 2.09. The van der Waals surface area contributed by atoms with Gasteiger partial charge in [0.2, 0.25) is 0 Å². The van der Waals surface area contributed by atoms with Crippen molar-refractivity contribution in [2.45, 2.75) is 25.7 Å².